The van der Waals surface area contributed by atoms with Crippen LogP contribution in [0.25, 0.3) is 16.3 Å². The van der Waals surface area contributed by atoms with Crippen LogP contribution in [0.3, 0.4) is 0 Å². The molecule has 0 saturated heterocycles. The topological polar surface area (TPSA) is 80.0 Å². The fourth-order valence-corrected chi connectivity index (χ4v) is 3.71. The Morgan fingerprint density at radius 3 is 2.55 bits per heavy atom. The first-order valence-corrected chi connectivity index (χ1v) is 10.0. The van der Waals surface area contributed by atoms with Crippen LogP contribution in [-0.2, 0) is 0 Å². The number of fused-ring (bicyclic) bond motifs is 1. The van der Waals surface area contributed by atoms with Crippen molar-refractivity contribution >= 4 is 50.0 Å². The second-order valence-electron chi connectivity index (χ2n) is 6.43. The molecule has 0 aliphatic heterocycles. The average molecular weight is 401 g/mol. The van der Waals surface area contributed by atoms with Gasteiger partial charge in [-0.1, -0.05) is 59.9 Å². The molecule has 0 bridgehead atoms. The van der Waals surface area contributed by atoms with Crippen LogP contribution < -0.4 is 16.4 Å². The minimum absolute atomic E-state index is 0.184. The van der Waals surface area contributed by atoms with E-state index in [4.69, 9.17) is 5.73 Å². The standard InChI is InChI=1S/C23H20N4OS/c24-18-7-1-2-8-19(18)26-22(28)17-13-11-16(12-14-17)6-5-15-25-23-27-20-9-3-4-10-21(20)29-23/h1-14H,15,24H2,(H,25,27)(H,26,28). The van der Waals surface area contributed by atoms with Gasteiger partial charge in [0.1, 0.15) is 0 Å². The molecule has 4 rings (SSSR count). The average Bonchev–Trinajstić information content (AvgIpc) is 3.16. The zero-order valence-corrected chi connectivity index (χ0v) is 16.4. The first kappa shape index (κ1) is 18.7. The van der Waals surface area contributed by atoms with E-state index in [9.17, 15) is 4.79 Å². The lowest BCUT2D eigenvalue weighted by Gasteiger charge is -2.08. The minimum atomic E-state index is -0.184. The summed E-state index contributed by atoms with van der Waals surface area (Å²) in [5.41, 5.74) is 9.64. The SMILES string of the molecule is Nc1ccccc1NC(=O)c1ccc(C=CCNc2nc3ccccc3s2)cc1. The highest BCUT2D eigenvalue weighted by Crippen LogP contribution is 2.25. The molecule has 0 fully saturated rings. The number of aromatic nitrogens is 1. The van der Waals surface area contributed by atoms with Gasteiger partial charge in [0.2, 0.25) is 0 Å². The number of benzene rings is 3. The van der Waals surface area contributed by atoms with Crippen molar-refractivity contribution in [3.63, 3.8) is 0 Å². The van der Waals surface area contributed by atoms with E-state index in [0.717, 1.165) is 16.2 Å². The van der Waals surface area contributed by atoms with Crippen LogP contribution in [0.2, 0.25) is 0 Å². The van der Waals surface area contributed by atoms with Crippen molar-refractivity contribution < 1.29 is 4.79 Å². The van der Waals surface area contributed by atoms with Crippen molar-refractivity contribution in [3.8, 4) is 0 Å². The zero-order valence-electron chi connectivity index (χ0n) is 15.6. The third kappa shape index (κ3) is 4.62. The molecule has 1 amide bonds. The van der Waals surface area contributed by atoms with Gasteiger partial charge in [-0.05, 0) is 42.0 Å². The number of nitrogens with zero attached hydrogens (tertiary/aromatic N) is 1. The van der Waals surface area contributed by atoms with Crippen molar-refractivity contribution in [2.24, 2.45) is 0 Å². The van der Waals surface area contributed by atoms with Crippen LogP contribution in [0.15, 0.2) is 78.9 Å². The third-order valence-corrected chi connectivity index (χ3v) is 5.35. The number of nitrogens with two attached hydrogens (primary N) is 1. The van der Waals surface area contributed by atoms with Crippen LogP contribution in [-0.4, -0.2) is 17.4 Å². The maximum Gasteiger partial charge on any atom is 0.255 e. The number of anilines is 3. The van der Waals surface area contributed by atoms with Crippen molar-refractivity contribution in [2.45, 2.75) is 0 Å². The van der Waals surface area contributed by atoms with E-state index in [2.05, 4.69) is 21.7 Å². The molecule has 6 heteroatoms. The fourth-order valence-electron chi connectivity index (χ4n) is 2.84. The summed E-state index contributed by atoms with van der Waals surface area (Å²) in [6.45, 7) is 0.676. The molecule has 4 N–H and O–H groups in total. The zero-order chi connectivity index (χ0) is 20.1. The molecule has 1 heterocycles. The molecule has 29 heavy (non-hydrogen) atoms. The highest BCUT2D eigenvalue weighted by Gasteiger charge is 2.07. The maximum atomic E-state index is 12.4. The number of nitrogens with one attached hydrogen (secondary N) is 2. The Hall–Kier alpha value is -3.64. The number of hydrogen-bond donors (Lipinski definition) is 3. The molecule has 5 nitrogen and oxygen atoms in total. The van der Waals surface area contributed by atoms with Gasteiger partial charge in [0, 0.05) is 12.1 Å². The monoisotopic (exact) mass is 400 g/mol. The number of carbonyl (C=O) groups is 1. The van der Waals surface area contributed by atoms with E-state index in [-0.39, 0.29) is 5.91 Å². The van der Waals surface area contributed by atoms with Gasteiger partial charge in [0.15, 0.2) is 5.13 Å². The van der Waals surface area contributed by atoms with Gasteiger partial charge in [-0.15, -0.1) is 0 Å². The van der Waals surface area contributed by atoms with Gasteiger partial charge in [0.05, 0.1) is 21.6 Å². The lowest BCUT2D eigenvalue weighted by atomic mass is 10.1. The minimum Gasteiger partial charge on any atom is -0.397 e. The summed E-state index contributed by atoms with van der Waals surface area (Å²) in [7, 11) is 0. The van der Waals surface area contributed by atoms with Crippen LogP contribution in [0.4, 0.5) is 16.5 Å². The largest absolute Gasteiger partial charge is 0.397 e. The van der Waals surface area contributed by atoms with Crippen molar-refractivity contribution in [1.82, 2.24) is 4.98 Å². The molecule has 1 aromatic heterocycles. The van der Waals surface area contributed by atoms with Crippen LogP contribution >= 0.6 is 11.3 Å². The van der Waals surface area contributed by atoms with Crippen LogP contribution in [0.5, 0.6) is 0 Å². The van der Waals surface area contributed by atoms with Crippen LogP contribution in [0.1, 0.15) is 15.9 Å². The first-order valence-electron chi connectivity index (χ1n) is 9.21. The second kappa shape index (κ2) is 8.58. The number of hydrogen-bond acceptors (Lipinski definition) is 5. The van der Waals surface area contributed by atoms with E-state index in [1.54, 1.807) is 35.6 Å². The molecular weight excluding hydrogens is 380 g/mol. The lowest BCUT2D eigenvalue weighted by Crippen LogP contribution is -2.12. The van der Waals surface area contributed by atoms with Gasteiger partial charge in [-0.2, -0.15) is 0 Å². The molecule has 0 aliphatic carbocycles. The lowest BCUT2D eigenvalue weighted by molar-refractivity contribution is 0.102. The Bertz CT molecular complexity index is 1130. The van der Waals surface area contributed by atoms with E-state index < -0.39 is 0 Å². The Kier molecular flexibility index (Phi) is 5.54. The smallest absolute Gasteiger partial charge is 0.255 e. The quantitative estimate of drug-likeness (QED) is 0.386. The Labute approximate surface area is 172 Å². The van der Waals surface area contributed by atoms with Gasteiger partial charge in [0.25, 0.3) is 5.91 Å². The van der Waals surface area contributed by atoms with Gasteiger partial charge < -0.3 is 16.4 Å². The predicted molar refractivity (Wildman–Crippen MR) is 122 cm³/mol. The summed E-state index contributed by atoms with van der Waals surface area (Å²) in [5, 5.41) is 7.05. The number of amides is 1. The van der Waals surface area contributed by atoms with E-state index in [1.807, 2.05) is 54.6 Å². The summed E-state index contributed by atoms with van der Waals surface area (Å²) in [4.78, 5) is 16.9. The molecule has 144 valence electrons. The molecule has 3 aromatic carbocycles. The molecule has 4 aromatic rings. The van der Waals surface area contributed by atoms with Crippen LogP contribution in [0, 0.1) is 0 Å². The molecule has 0 saturated carbocycles. The summed E-state index contributed by atoms with van der Waals surface area (Å²) in [5.74, 6) is -0.184. The summed E-state index contributed by atoms with van der Waals surface area (Å²) in [6.07, 6.45) is 4.04. The number of rotatable bonds is 6. The van der Waals surface area contributed by atoms with Crippen molar-refractivity contribution in [1.29, 1.82) is 0 Å². The fraction of sp³-hybridized carbons (Fsp3) is 0.0435. The third-order valence-electron chi connectivity index (χ3n) is 4.36. The summed E-state index contributed by atoms with van der Waals surface area (Å²) < 4.78 is 1.17. The number of carbonyl (C=O) groups excluding carboxylic acids is 1. The number of thiazole rings is 1. The highest BCUT2D eigenvalue weighted by molar-refractivity contribution is 7.22. The second-order valence-corrected chi connectivity index (χ2v) is 7.46. The van der Waals surface area contributed by atoms with E-state index in [1.165, 1.54) is 4.70 Å². The van der Waals surface area contributed by atoms with Gasteiger partial charge in [-0.25, -0.2) is 4.98 Å². The normalized spacial score (nSPS) is 11.0. The summed E-state index contributed by atoms with van der Waals surface area (Å²) >= 11 is 1.64. The summed E-state index contributed by atoms with van der Waals surface area (Å²) in [6, 6.07) is 22.7. The predicted octanol–water partition coefficient (Wildman–Crippen LogP) is 5.26. The Morgan fingerprint density at radius 2 is 1.76 bits per heavy atom. The number of para-hydroxylation sites is 3. The number of nitrogen functional groups attached to an aromatic ring is 1. The Balaban J connectivity index is 1.32. The molecule has 0 spiro atoms. The molecule has 0 aliphatic rings. The molecule has 0 unspecified atom stereocenters. The first-order chi connectivity index (χ1) is 14.2. The van der Waals surface area contributed by atoms with Crippen molar-refractivity contribution in [2.75, 3.05) is 22.9 Å². The van der Waals surface area contributed by atoms with E-state index in [0.29, 0.717) is 23.5 Å². The molecule has 0 atom stereocenters. The van der Waals surface area contributed by atoms with Gasteiger partial charge >= 0.3 is 0 Å². The highest BCUT2D eigenvalue weighted by atomic mass is 32.1. The van der Waals surface area contributed by atoms with Crippen molar-refractivity contribution in [3.05, 3.63) is 90.0 Å². The molecule has 0 radical (unpaired) electrons. The Morgan fingerprint density at radius 1 is 1.00 bits per heavy atom. The molecular formula is C23H20N4OS. The van der Waals surface area contributed by atoms with Gasteiger partial charge in [-0.3, -0.25) is 4.79 Å². The van der Waals surface area contributed by atoms with E-state index >= 15 is 0 Å². The maximum absolute atomic E-state index is 12.4.